The Morgan fingerprint density at radius 1 is 1.24 bits per heavy atom. The summed E-state index contributed by atoms with van der Waals surface area (Å²) in [6.07, 6.45) is 4.27. The molecule has 4 heterocycles. The first-order valence-electron chi connectivity index (χ1n) is 13.5. The normalized spacial score (nSPS) is 18.3. The third-order valence-corrected chi connectivity index (χ3v) is 9.42. The summed E-state index contributed by atoms with van der Waals surface area (Å²) in [5, 5.41) is 11.1. The predicted molar refractivity (Wildman–Crippen MR) is 153 cm³/mol. The molecule has 1 saturated heterocycles. The zero-order valence-electron chi connectivity index (χ0n) is 23.5. The first-order chi connectivity index (χ1) is 19.9. The molecule has 0 unspecified atom stereocenters. The molecular weight excluding hydrogens is 564 g/mol. The van der Waals surface area contributed by atoms with Gasteiger partial charge in [0, 0.05) is 50.5 Å². The van der Waals surface area contributed by atoms with E-state index in [0.29, 0.717) is 29.9 Å². The number of carboxylic acid groups (broad SMARTS) is 1. The summed E-state index contributed by atoms with van der Waals surface area (Å²) in [5.41, 5.74) is 0.164. The van der Waals surface area contributed by atoms with Crippen molar-refractivity contribution in [3.63, 3.8) is 0 Å². The van der Waals surface area contributed by atoms with Crippen LogP contribution in [0.4, 0.5) is 19.4 Å². The number of nitrogens with one attached hydrogen (secondary N) is 1. The fourth-order valence-corrected chi connectivity index (χ4v) is 6.38. The topological polar surface area (TPSA) is 117 Å². The minimum absolute atomic E-state index is 0.00388. The van der Waals surface area contributed by atoms with E-state index in [-0.39, 0.29) is 43.2 Å². The summed E-state index contributed by atoms with van der Waals surface area (Å²) in [4.78, 5) is 45.9. The Hall–Kier alpha value is -4.28. The quantitative estimate of drug-likeness (QED) is 0.215. The monoisotopic (exact) mass is 595 g/mol. The summed E-state index contributed by atoms with van der Waals surface area (Å²) < 4.78 is 36.8. The molecule has 13 heteroatoms. The van der Waals surface area contributed by atoms with Crippen LogP contribution in [0.5, 0.6) is 0 Å². The number of hydrogen-bond donors (Lipinski definition) is 2. The second kappa shape index (κ2) is 10.8. The molecule has 1 fully saturated rings. The van der Waals surface area contributed by atoms with Crippen LogP contribution in [0, 0.1) is 24.0 Å². The van der Waals surface area contributed by atoms with Crippen LogP contribution >= 0.6 is 0 Å². The second-order valence-electron chi connectivity index (χ2n) is 11.7. The van der Waals surface area contributed by atoms with Crippen LogP contribution in [0.1, 0.15) is 28.0 Å². The fraction of sp³-hybridized carbons (Fsp3) is 0.379. The van der Waals surface area contributed by atoms with Gasteiger partial charge in [0.05, 0.1) is 24.1 Å². The number of ether oxygens (including phenoxy) is 1. The number of fused-ring (bicyclic) bond motifs is 3. The van der Waals surface area contributed by atoms with Gasteiger partial charge in [0.25, 0.3) is 11.8 Å². The molecule has 0 saturated carbocycles. The van der Waals surface area contributed by atoms with Crippen molar-refractivity contribution in [2.75, 3.05) is 25.0 Å². The third kappa shape index (κ3) is 5.12. The Labute approximate surface area is 242 Å². The van der Waals surface area contributed by atoms with Crippen molar-refractivity contribution in [2.24, 2.45) is 0 Å². The highest BCUT2D eigenvalue weighted by Gasteiger charge is 2.59. The summed E-state index contributed by atoms with van der Waals surface area (Å²) in [7, 11) is -1.41. The molecule has 0 radical (unpaired) electrons. The van der Waals surface area contributed by atoms with Crippen molar-refractivity contribution < 1.29 is 33.0 Å². The molecule has 220 valence electrons. The number of amides is 3. The molecule has 2 aliphatic heterocycles. The number of likely N-dealkylation sites (tertiary alicyclic amines) is 1. The number of halogens is 2. The zero-order chi connectivity index (χ0) is 30.4. The Kier molecular flexibility index (Phi) is 7.54. The van der Waals surface area contributed by atoms with Gasteiger partial charge in [-0.05, 0) is 24.2 Å². The van der Waals surface area contributed by atoms with Crippen molar-refractivity contribution in [3.05, 3.63) is 58.8 Å². The molecule has 1 aromatic carbocycles. The van der Waals surface area contributed by atoms with E-state index in [0.717, 1.165) is 18.2 Å². The number of carbonyl (C=O) groups excluding carboxylic acids is 2. The maximum absolute atomic E-state index is 14.9. The van der Waals surface area contributed by atoms with E-state index < -0.39 is 43.1 Å². The minimum atomic E-state index is -1.47. The fourth-order valence-electron chi connectivity index (χ4n) is 5.63. The molecule has 5 rings (SSSR count). The molecule has 0 aliphatic carbocycles. The lowest BCUT2D eigenvalue weighted by atomic mass is 9.87. The van der Waals surface area contributed by atoms with Gasteiger partial charge >= 0.3 is 6.09 Å². The number of pyridine rings is 1. The zero-order valence-corrected chi connectivity index (χ0v) is 24.5. The molecule has 1 atom stereocenters. The van der Waals surface area contributed by atoms with Crippen LogP contribution in [0.3, 0.4) is 0 Å². The molecule has 2 N–H and O–H groups in total. The van der Waals surface area contributed by atoms with E-state index in [1.165, 1.54) is 21.9 Å². The van der Waals surface area contributed by atoms with Crippen LogP contribution in [-0.4, -0.2) is 70.1 Å². The summed E-state index contributed by atoms with van der Waals surface area (Å²) in [6.45, 7) is 7.36. The number of hydrogen-bond acceptors (Lipinski definition) is 5. The number of benzene rings is 1. The number of carbonyl (C=O) groups is 3. The van der Waals surface area contributed by atoms with Gasteiger partial charge < -0.3 is 24.2 Å². The van der Waals surface area contributed by atoms with E-state index in [9.17, 15) is 23.2 Å². The predicted octanol–water partition coefficient (Wildman–Crippen LogP) is 4.43. The third-order valence-electron chi connectivity index (χ3n) is 7.72. The van der Waals surface area contributed by atoms with E-state index in [4.69, 9.17) is 16.3 Å². The van der Waals surface area contributed by atoms with Gasteiger partial charge in [0.15, 0.2) is 17.2 Å². The largest absolute Gasteiger partial charge is 0.465 e. The molecule has 3 amide bonds. The molecule has 2 aromatic heterocycles. The first-order valence-corrected chi connectivity index (χ1v) is 17.2. The van der Waals surface area contributed by atoms with Crippen LogP contribution in [0.2, 0.25) is 25.7 Å². The lowest BCUT2D eigenvalue weighted by Gasteiger charge is -2.34. The number of aromatic nitrogens is 2. The molecule has 42 heavy (non-hydrogen) atoms. The van der Waals surface area contributed by atoms with Gasteiger partial charge in [-0.3, -0.25) is 14.9 Å². The molecule has 1 spiro atoms. The van der Waals surface area contributed by atoms with Crippen LogP contribution in [-0.2, 0) is 28.3 Å². The van der Waals surface area contributed by atoms with Gasteiger partial charge in [-0.25, -0.2) is 18.6 Å². The Bertz CT molecular complexity index is 1650. The van der Waals surface area contributed by atoms with Gasteiger partial charge in [-0.2, -0.15) is 0 Å². The molecule has 3 aromatic rings. The maximum Gasteiger partial charge on any atom is 0.410 e. The van der Waals surface area contributed by atoms with Crippen molar-refractivity contribution in [3.8, 4) is 12.3 Å². The number of rotatable bonds is 9. The highest BCUT2D eigenvalue weighted by atomic mass is 28.3. The molecule has 0 bridgehead atoms. The smallest absolute Gasteiger partial charge is 0.410 e. The molecule has 10 nitrogen and oxygen atoms in total. The highest BCUT2D eigenvalue weighted by Crippen LogP contribution is 2.47. The lowest BCUT2D eigenvalue weighted by Crippen LogP contribution is -2.49. The average Bonchev–Trinajstić information content (AvgIpc) is 3.48. The average molecular weight is 596 g/mol. The summed E-state index contributed by atoms with van der Waals surface area (Å²) in [6, 6.07) is 7.46. The maximum atomic E-state index is 14.9. The number of anilines is 1. The van der Waals surface area contributed by atoms with Crippen molar-refractivity contribution in [1.29, 1.82) is 0 Å². The summed E-state index contributed by atoms with van der Waals surface area (Å²) in [5.74, 6) is -0.357. The Morgan fingerprint density at radius 2 is 2.00 bits per heavy atom. The van der Waals surface area contributed by atoms with E-state index in [1.807, 2.05) is 5.32 Å². The number of terminal acetylenes is 1. The second-order valence-corrected chi connectivity index (χ2v) is 17.3. The highest BCUT2D eigenvalue weighted by molar-refractivity contribution is 6.76. The van der Waals surface area contributed by atoms with Gasteiger partial charge in [-0.15, -0.1) is 6.42 Å². The van der Waals surface area contributed by atoms with Crippen LogP contribution in [0.15, 0.2) is 30.3 Å². The number of nitrogens with zero attached hydrogens (tertiary/aromatic N) is 4. The van der Waals surface area contributed by atoms with Crippen molar-refractivity contribution in [1.82, 2.24) is 19.4 Å². The standard InChI is InChI=1S/C29H31F2N5O5Si/c1-5-9-34-10-8-29(27(34)38)21-7-6-18(30)13-20(21)26(37)36(29)16-19-14-23-24(15-22(31)25(32-23)33-28(39)40)35(19)17-41-11-12-42(2,3)4/h1,6-7,13-15H,8-12,16-17H2,2-4H3,(H,32,33)(H,39,40)/t29-/m0/s1. The van der Waals surface area contributed by atoms with Gasteiger partial charge in [0.1, 0.15) is 12.5 Å². The van der Waals surface area contributed by atoms with Crippen LogP contribution < -0.4 is 5.32 Å². The lowest BCUT2D eigenvalue weighted by molar-refractivity contribution is -0.136. The Balaban J connectivity index is 1.59. The summed E-state index contributed by atoms with van der Waals surface area (Å²) >= 11 is 0. The minimum Gasteiger partial charge on any atom is -0.465 e. The van der Waals surface area contributed by atoms with Crippen molar-refractivity contribution in [2.45, 2.75) is 50.9 Å². The van der Waals surface area contributed by atoms with E-state index >= 15 is 0 Å². The van der Waals surface area contributed by atoms with Crippen molar-refractivity contribution >= 4 is 42.8 Å². The van der Waals surface area contributed by atoms with Gasteiger partial charge in [0.2, 0.25) is 0 Å². The van der Waals surface area contributed by atoms with E-state index in [1.54, 1.807) is 10.6 Å². The van der Waals surface area contributed by atoms with E-state index in [2.05, 4.69) is 30.5 Å². The SMILES string of the molecule is C#CCN1CC[C@@]2(C1=O)c1ccc(F)cc1C(=O)N2Cc1cc2nc(NC(=O)O)c(F)cc2n1COCC[Si](C)(C)C. The van der Waals surface area contributed by atoms with Gasteiger partial charge in [-0.1, -0.05) is 31.6 Å². The molecule has 2 aliphatic rings. The first kappa shape index (κ1) is 29.2. The van der Waals surface area contributed by atoms with Crippen LogP contribution in [0.25, 0.3) is 11.0 Å². The Morgan fingerprint density at radius 3 is 2.69 bits per heavy atom. The molecular formula is C29H31F2N5O5Si.